The molecule has 0 atom stereocenters. The Labute approximate surface area is 106 Å². The topological polar surface area (TPSA) is 29.1 Å². The van der Waals surface area contributed by atoms with Crippen molar-refractivity contribution in [1.29, 1.82) is 0 Å². The number of rotatable bonds is 3. The molecule has 0 bridgehead atoms. The fraction of sp³-hybridized carbons (Fsp3) is 0.222. The molecule has 0 saturated heterocycles. The van der Waals surface area contributed by atoms with Crippen molar-refractivity contribution in [2.75, 3.05) is 4.43 Å². The Morgan fingerprint density at radius 3 is 2.43 bits per heavy atom. The summed E-state index contributed by atoms with van der Waals surface area (Å²) < 4.78 is -1.02. The van der Waals surface area contributed by atoms with Gasteiger partial charge in [-0.25, -0.2) is 0 Å². The van der Waals surface area contributed by atoms with Gasteiger partial charge < -0.3 is 5.32 Å². The van der Waals surface area contributed by atoms with E-state index in [0.29, 0.717) is 9.99 Å². The predicted octanol–water partition coefficient (Wildman–Crippen LogP) is 2.83. The Kier molecular flexibility index (Phi) is 4.47. The molecule has 0 aromatic heterocycles. The van der Waals surface area contributed by atoms with Gasteiger partial charge in [-0.3, -0.25) is 4.79 Å². The molecule has 0 radical (unpaired) electrons. The third-order valence-electron chi connectivity index (χ3n) is 1.55. The maximum atomic E-state index is 11.1. The number of carbonyl (C=O) groups excluding carboxylic acids is 1. The Morgan fingerprint density at radius 1 is 1.36 bits per heavy atom. The van der Waals surface area contributed by atoms with E-state index in [1.807, 2.05) is 40.8 Å². The van der Waals surface area contributed by atoms with Crippen molar-refractivity contribution in [3.05, 3.63) is 35.9 Å². The van der Waals surface area contributed by atoms with Gasteiger partial charge in [-0.2, -0.15) is 0 Å². The van der Waals surface area contributed by atoms with E-state index < -0.39 is 4.46 Å². The highest BCUT2D eigenvalue weighted by atomic mass is 127. The first-order valence-corrected chi connectivity index (χ1v) is 6.15. The second kappa shape index (κ2) is 5.19. The summed E-state index contributed by atoms with van der Waals surface area (Å²) in [5, 5.41) is 2.51. The maximum Gasteiger partial charge on any atom is 0.232 e. The minimum absolute atomic E-state index is 0.195. The molecule has 2 nitrogen and oxygen atoms in total. The molecular weight excluding hydrogens is 336 g/mol. The van der Waals surface area contributed by atoms with Gasteiger partial charge >= 0.3 is 0 Å². The Hall–Kier alpha value is -0.000000000000000111. The molecular formula is C9H8Cl2INO. The van der Waals surface area contributed by atoms with Crippen molar-refractivity contribution in [1.82, 2.24) is 5.32 Å². The lowest BCUT2D eigenvalue weighted by atomic mass is 10.2. The first-order valence-electron chi connectivity index (χ1n) is 3.86. The van der Waals surface area contributed by atoms with Gasteiger partial charge in [0.05, 0.1) is 4.43 Å². The second-order valence-electron chi connectivity index (χ2n) is 2.62. The summed E-state index contributed by atoms with van der Waals surface area (Å²) in [4.78, 5) is 11.1. The first-order chi connectivity index (χ1) is 6.56. The van der Waals surface area contributed by atoms with Gasteiger partial charge in [0.15, 0.2) is 0 Å². The third kappa shape index (κ3) is 3.29. The molecule has 14 heavy (non-hydrogen) atoms. The monoisotopic (exact) mass is 343 g/mol. The molecule has 1 rings (SSSR count). The number of nitrogens with one attached hydrogen (secondary N) is 1. The summed E-state index contributed by atoms with van der Waals surface area (Å²) >= 11 is 13.9. The van der Waals surface area contributed by atoms with Crippen LogP contribution >= 0.6 is 45.8 Å². The molecule has 1 aromatic carbocycles. The van der Waals surface area contributed by atoms with Gasteiger partial charge in [0.25, 0.3) is 0 Å². The molecule has 0 heterocycles. The molecule has 0 aliphatic carbocycles. The number of benzene rings is 1. The zero-order valence-corrected chi connectivity index (χ0v) is 10.8. The molecule has 0 aliphatic heterocycles. The summed E-state index contributed by atoms with van der Waals surface area (Å²) in [5.41, 5.74) is 0.654. The van der Waals surface area contributed by atoms with Crippen molar-refractivity contribution in [2.24, 2.45) is 0 Å². The number of hydrogen-bond acceptors (Lipinski definition) is 1. The van der Waals surface area contributed by atoms with Crippen molar-refractivity contribution >= 4 is 51.7 Å². The van der Waals surface area contributed by atoms with Crippen LogP contribution in [0.4, 0.5) is 0 Å². The minimum atomic E-state index is -1.34. The van der Waals surface area contributed by atoms with E-state index in [1.54, 1.807) is 12.1 Å². The lowest BCUT2D eigenvalue weighted by Gasteiger charge is -2.20. The van der Waals surface area contributed by atoms with Crippen LogP contribution in [0.25, 0.3) is 0 Å². The van der Waals surface area contributed by atoms with Crippen LogP contribution in [0.3, 0.4) is 0 Å². The number of halogens is 3. The highest BCUT2D eigenvalue weighted by molar-refractivity contribution is 14.1. The zero-order chi connectivity index (χ0) is 10.6. The van der Waals surface area contributed by atoms with Gasteiger partial charge in [0.1, 0.15) is 0 Å². The van der Waals surface area contributed by atoms with Crippen LogP contribution < -0.4 is 5.32 Å². The predicted molar refractivity (Wildman–Crippen MR) is 66.9 cm³/mol. The summed E-state index contributed by atoms with van der Waals surface area (Å²) in [6.45, 7) is 0. The van der Waals surface area contributed by atoms with Gasteiger partial charge in [0.2, 0.25) is 10.4 Å². The number of alkyl halides is 3. The largest absolute Gasteiger partial charge is 0.320 e. The van der Waals surface area contributed by atoms with Crippen molar-refractivity contribution in [3.63, 3.8) is 0 Å². The van der Waals surface area contributed by atoms with E-state index in [9.17, 15) is 4.79 Å². The standard InChI is InChI=1S/C9H8Cl2INO/c10-9(11,13-8(14)6-12)7-4-2-1-3-5-7/h1-5H,6H2,(H,13,14). The van der Waals surface area contributed by atoms with Crippen LogP contribution in [0.2, 0.25) is 0 Å². The molecule has 76 valence electrons. The second-order valence-corrected chi connectivity index (χ2v) is 4.71. The lowest BCUT2D eigenvalue weighted by Crippen LogP contribution is -2.37. The zero-order valence-electron chi connectivity index (χ0n) is 7.14. The van der Waals surface area contributed by atoms with Crippen LogP contribution in [0, 0.1) is 0 Å². The van der Waals surface area contributed by atoms with Crippen molar-refractivity contribution in [3.8, 4) is 0 Å². The molecule has 0 saturated carbocycles. The molecule has 5 heteroatoms. The summed E-state index contributed by atoms with van der Waals surface area (Å²) in [6, 6.07) is 8.99. The maximum absolute atomic E-state index is 11.1. The molecule has 1 N–H and O–H groups in total. The summed E-state index contributed by atoms with van der Waals surface area (Å²) in [7, 11) is 0. The van der Waals surface area contributed by atoms with Crippen LogP contribution in [0.15, 0.2) is 30.3 Å². The molecule has 0 spiro atoms. The normalized spacial score (nSPS) is 11.1. The average molecular weight is 344 g/mol. The van der Waals surface area contributed by atoms with E-state index in [1.165, 1.54) is 0 Å². The Bertz CT molecular complexity index is 316. The Morgan fingerprint density at radius 2 is 1.93 bits per heavy atom. The molecule has 0 unspecified atom stereocenters. The first kappa shape index (κ1) is 12.1. The van der Waals surface area contributed by atoms with E-state index in [0.717, 1.165) is 0 Å². The molecule has 0 fully saturated rings. The van der Waals surface area contributed by atoms with Crippen LogP contribution in [-0.4, -0.2) is 10.3 Å². The average Bonchev–Trinajstić information content (AvgIpc) is 2.18. The Balaban J connectivity index is 2.80. The van der Waals surface area contributed by atoms with Crippen molar-refractivity contribution in [2.45, 2.75) is 4.46 Å². The van der Waals surface area contributed by atoms with Crippen LogP contribution in [-0.2, 0) is 9.25 Å². The number of amides is 1. The van der Waals surface area contributed by atoms with Crippen LogP contribution in [0.5, 0.6) is 0 Å². The number of hydrogen-bond donors (Lipinski definition) is 1. The van der Waals surface area contributed by atoms with E-state index in [-0.39, 0.29) is 5.91 Å². The molecule has 1 amide bonds. The van der Waals surface area contributed by atoms with Gasteiger partial charge in [0, 0.05) is 5.56 Å². The van der Waals surface area contributed by atoms with E-state index >= 15 is 0 Å². The minimum Gasteiger partial charge on any atom is -0.320 e. The van der Waals surface area contributed by atoms with Gasteiger partial charge in [-0.1, -0.05) is 76.1 Å². The molecule has 1 aromatic rings. The van der Waals surface area contributed by atoms with Gasteiger partial charge in [-0.05, 0) is 0 Å². The molecule has 0 aliphatic rings. The summed E-state index contributed by atoms with van der Waals surface area (Å²) in [6.07, 6.45) is 0. The quantitative estimate of drug-likeness (QED) is 0.510. The SMILES string of the molecule is O=C(CI)NC(Cl)(Cl)c1ccccc1. The van der Waals surface area contributed by atoms with E-state index in [2.05, 4.69) is 5.32 Å². The van der Waals surface area contributed by atoms with Crippen LogP contribution in [0.1, 0.15) is 5.56 Å². The highest BCUT2D eigenvalue weighted by Crippen LogP contribution is 2.30. The smallest absolute Gasteiger partial charge is 0.232 e. The lowest BCUT2D eigenvalue weighted by molar-refractivity contribution is -0.118. The number of carbonyl (C=O) groups is 1. The van der Waals surface area contributed by atoms with Crippen molar-refractivity contribution < 1.29 is 4.79 Å². The highest BCUT2D eigenvalue weighted by Gasteiger charge is 2.27. The third-order valence-corrected chi connectivity index (χ3v) is 2.87. The van der Waals surface area contributed by atoms with E-state index in [4.69, 9.17) is 23.2 Å². The fourth-order valence-electron chi connectivity index (χ4n) is 0.928. The fourth-order valence-corrected chi connectivity index (χ4v) is 1.58. The van der Waals surface area contributed by atoms with Gasteiger partial charge in [-0.15, -0.1) is 0 Å². The summed E-state index contributed by atoms with van der Waals surface area (Å²) in [5.74, 6) is -0.195.